The third-order valence-electron chi connectivity index (χ3n) is 5.80. The number of nitrogens with one attached hydrogen (secondary N) is 1. The minimum Gasteiger partial charge on any atom is -0.493 e. The van der Waals surface area contributed by atoms with E-state index in [2.05, 4.69) is 10.3 Å². The van der Waals surface area contributed by atoms with Crippen molar-refractivity contribution >= 4 is 33.4 Å². The van der Waals surface area contributed by atoms with E-state index in [1.54, 1.807) is 33.6 Å². The molecule has 2 aromatic heterocycles. The first kappa shape index (κ1) is 22.2. The second-order valence-electron chi connectivity index (χ2n) is 7.82. The summed E-state index contributed by atoms with van der Waals surface area (Å²) in [6.07, 6.45) is 1.71. The Morgan fingerprint density at radius 3 is 2.31 bits per heavy atom. The first-order valence-electron chi connectivity index (χ1n) is 11.0. The van der Waals surface area contributed by atoms with Crippen molar-refractivity contribution in [1.29, 1.82) is 0 Å². The number of pyridine rings is 2. The van der Waals surface area contributed by atoms with Crippen LogP contribution in [0.1, 0.15) is 10.4 Å². The maximum Gasteiger partial charge on any atom is 0.256 e. The molecule has 0 bridgehead atoms. The molecule has 0 atom stereocenters. The lowest BCUT2D eigenvalue weighted by molar-refractivity contribution is 0.102. The first-order chi connectivity index (χ1) is 17.1. The fourth-order valence-corrected chi connectivity index (χ4v) is 4.13. The van der Waals surface area contributed by atoms with Gasteiger partial charge in [0.2, 0.25) is 5.75 Å². The molecule has 0 unspecified atom stereocenters. The summed E-state index contributed by atoms with van der Waals surface area (Å²) >= 11 is 0. The van der Waals surface area contributed by atoms with Gasteiger partial charge in [0.1, 0.15) is 0 Å². The largest absolute Gasteiger partial charge is 0.493 e. The molecule has 0 aliphatic rings. The van der Waals surface area contributed by atoms with E-state index in [-0.39, 0.29) is 5.91 Å². The molecule has 7 nitrogen and oxygen atoms in total. The fourth-order valence-electron chi connectivity index (χ4n) is 4.13. The smallest absolute Gasteiger partial charge is 0.256 e. The van der Waals surface area contributed by atoms with Crippen molar-refractivity contribution in [3.8, 4) is 28.5 Å². The van der Waals surface area contributed by atoms with E-state index >= 15 is 0 Å². The SMILES string of the molecule is COc1cc(-c2cc(C(=O)Nc3cccc4cccnc34)c3ccccc3n2)cc(OC)c1OC. The normalized spacial score (nSPS) is 10.8. The van der Waals surface area contributed by atoms with Crippen LogP contribution < -0.4 is 19.5 Å². The molecule has 174 valence electrons. The minimum absolute atomic E-state index is 0.254. The zero-order valence-corrected chi connectivity index (χ0v) is 19.5. The summed E-state index contributed by atoms with van der Waals surface area (Å²) in [5.41, 5.74) is 3.89. The third kappa shape index (κ3) is 4.08. The van der Waals surface area contributed by atoms with E-state index in [1.807, 2.05) is 66.7 Å². The number of amides is 1. The van der Waals surface area contributed by atoms with Crippen LogP contribution >= 0.6 is 0 Å². The molecule has 0 saturated carbocycles. The number of fused-ring (bicyclic) bond motifs is 2. The highest BCUT2D eigenvalue weighted by molar-refractivity contribution is 6.15. The average molecular weight is 466 g/mol. The number of aromatic nitrogens is 2. The lowest BCUT2D eigenvalue weighted by Crippen LogP contribution is -2.13. The summed E-state index contributed by atoms with van der Waals surface area (Å²) in [4.78, 5) is 22.8. The van der Waals surface area contributed by atoms with Crippen LogP contribution in [-0.2, 0) is 0 Å². The number of hydrogen-bond donors (Lipinski definition) is 1. The molecular weight excluding hydrogens is 442 g/mol. The number of methoxy groups -OCH3 is 3. The number of para-hydroxylation sites is 2. The first-order valence-corrected chi connectivity index (χ1v) is 11.0. The van der Waals surface area contributed by atoms with Gasteiger partial charge in [-0.1, -0.05) is 36.4 Å². The molecule has 0 aliphatic heterocycles. The summed E-state index contributed by atoms with van der Waals surface area (Å²) in [5, 5.41) is 4.73. The van der Waals surface area contributed by atoms with Crippen molar-refractivity contribution in [2.75, 3.05) is 26.6 Å². The number of nitrogens with zero attached hydrogens (tertiary/aromatic N) is 2. The Morgan fingerprint density at radius 2 is 1.57 bits per heavy atom. The van der Waals surface area contributed by atoms with Crippen molar-refractivity contribution in [1.82, 2.24) is 9.97 Å². The predicted molar refractivity (Wildman–Crippen MR) is 137 cm³/mol. The van der Waals surface area contributed by atoms with E-state index in [0.717, 1.165) is 21.9 Å². The highest BCUT2D eigenvalue weighted by Gasteiger charge is 2.19. The molecule has 0 spiro atoms. The van der Waals surface area contributed by atoms with Crippen molar-refractivity contribution < 1.29 is 19.0 Å². The Labute approximate surface area is 202 Å². The van der Waals surface area contributed by atoms with Crippen LogP contribution in [-0.4, -0.2) is 37.2 Å². The minimum atomic E-state index is -0.254. The Balaban J connectivity index is 1.64. The second kappa shape index (κ2) is 9.30. The van der Waals surface area contributed by atoms with E-state index in [0.29, 0.717) is 39.7 Å². The van der Waals surface area contributed by atoms with E-state index in [9.17, 15) is 4.79 Å². The number of benzene rings is 3. The van der Waals surface area contributed by atoms with Gasteiger partial charge >= 0.3 is 0 Å². The summed E-state index contributed by atoms with van der Waals surface area (Å²) in [6, 6.07) is 22.5. The van der Waals surface area contributed by atoms with Crippen LogP contribution in [0.25, 0.3) is 33.1 Å². The van der Waals surface area contributed by atoms with Gasteiger partial charge in [-0.25, -0.2) is 4.98 Å². The van der Waals surface area contributed by atoms with Gasteiger partial charge in [0.15, 0.2) is 11.5 Å². The molecule has 35 heavy (non-hydrogen) atoms. The van der Waals surface area contributed by atoms with Crippen LogP contribution in [0.15, 0.2) is 79.0 Å². The average Bonchev–Trinajstić information content (AvgIpc) is 2.91. The van der Waals surface area contributed by atoms with Gasteiger partial charge in [0.05, 0.1) is 49.3 Å². The van der Waals surface area contributed by atoms with Crippen molar-refractivity contribution in [2.24, 2.45) is 0 Å². The van der Waals surface area contributed by atoms with Gasteiger partial charge < -0.3 is 19.5 Å². The molecule has 2 heterocycles. The van der Waals surface area contributed by atoms with Crippen LogP contribution in [0.2, 0.25) is 0 Å². The lowest BCUT2D eigenvalue weighted by Gasteiger charge is -2.15. The predicted octanol–water partition coefficient (Wildman–Crippen LogP) is 5.73. The molecule has 0 aliphatic carbocycles. The second-order valence-corrected chi connectivity index (χ2v) is 7.82. The summed E-state index contributed by atoms with van der Waals surface area (Å²) < 4.78 is 16.5. The number of carbonyl (C=O) groups is 1. The zero-order chi connectivity index (χ0) is 24.4. The monoisotopic (exact) mass is 465 g/mol. The van der Waals surface area contributed by atoms with Crippen molar-refractivity contribution in [2.45, 2.75) is 0 Å². The van der Waals surface area contributed by atoms with Gasteiger partial charge in [-0.15, -0.1) is 0 Å². The van der Waals surface area contributed by atoms with Crippen LogP contribution in [0.4, 0.5) is 5.69 Å². The standard InChI is InChI=1S/C28H23N3O4/c1-33-24-14-18(15-25(34-2)27(24)35-3)23-16-20(19-10-4-5-11-21(19)30-23)28(32)31-22-12-6-8-17-9-7-13-29-26(17)22/h4-16H,1-3H3,(H,31,32). The van der Waals surface area contributed by atoms with Crippen LogP contribution in [0.3, 0.4) is 0 Å². The molecule has 0 fully saturated rings. The Kier molecular flexibility index (Phi) is 5.89. The number of anilines is 1. The molecule has 0 radical (unpaired) electrons. The van der Waals surface area contributed by atoms with Crippen molar-refractivity contribution in [3.05, 3.63) is 84.6 Å². The summed E-state index contributed by atoms with van der Waals surface area (Å²) in [5.74, 6) is 1.24. The lowest BCUT2D eigenvalue weighted by atomic mass is 10.0. The van der Waals surface area contributed by atoms with E-state index in [4.69, 9.17) is 19.2 Å². The van der Waals surface area contributed by atoms with Gasteiger partial charge in [-0.2, -0.15) is 0 Å². The maximum absolute atomic E-state index is 13.6. The highest BCUT2D eigenvalue weighted by atomic mass is 16.5. The molecule has 1 amide bonds. The molecule has 7 heteroatoms. The number of rotatable bonds is 6. The maximum atomic E-state index is 13.6. The quantitative estimate of drug-likeness (QED) is 0.345. The van der Waals surface area contributed by atoms with Crippen LogP contribution in [0, 0.1) is 0 Å². The number of ether oxygens (including phenoxy) is 3. The van der Waals surface area contributed by atoms with Crippen molar-refractivity contribution in [3.63, 3.8) is 0 Å². The topological polar surface area (TPSA) is 82.6 Å². The highest BCUT2D eigenvalue weighted by Crippen LogP contribution is 2.41. The van der Waals surface area contributed by atoms with Gasteiger partial charge in [0.25, 0.3) is 5.91 Å². The van der Waals surface area contributed by atoms with E-state index < -0.39 is 0 Å². The zero-order valence-electron chi connectivity index (χ0n) is 19.5. The Hall–Kier alpha value is -4.65. The number of hydrogen-bond acceptors (Lipinski definition) is 6. The fraction of sp³-hybridized carbons (Fsp3) is 0.107. The van der Waals surface area contributed by atoms with Gasteiger partial charge in [-0.3, -0.25) is 9.78 Å². The Bertz CT molecular complexity index is 1540. The molecule has 5 rings (SSSR count). The molecule has 1 N–H and O–H groups in total. The van der Waals surface area contributed by atoms with Gasteiger partial charge in [0, 0.05) is 22.5 Å². The number of carbonyl (C=O) groups excluding carboxylic acids is 1. The summed E-state index contributed by atoms with van der Waals surface area (Å²) in [6.45, 7) is 0. The van der Waals surface area contributed by atoms with Crippen LogP contribution in [0.5, 0.6) is 17.2 Å². The molecule has 3 aromatic carbocycles. The molecular formula is C28H23N3O4. The summed E-state index contributed by atoms with van der Waals surface area (Å²) in [7, 11) is 4.68. The molecule has 0 saturated heterocycles. The Morgan fingerprint density at radius 1 is 0.829 bits per heavy atom. The van der Waals surface area contributed by atoms with E-state index in [1.165, 1.54) is 0 Å². The molecule has 5 aromatic rings. The third-order valence-corrected chi connectivity index (χ3v) is 5.80. The van der Waals surface area contributed by atoms with Gasteiger partial charge in [-0.05, 0) is 36.4 Å².